The van der Waals surface area contributed by atoms with Crippen LogP contribution in [-0.4, -0.2) is 9.32 Å². The zero-order chi connectivity index (χ0) is 15.5. The van der Waals surface area contributed by atoms with E-state index in [0.29, 0.717) is 4.47 Å². The summed E-state index contributed by atoms with van der Waals surface area (Å²) in [7, 11) is -1.09. The zero-order valence-corrected chi connectivity index (χ0v) is 13.9. The van der Waals surface area contributed by atoms with Crippen LogP contribution >= 0.6 is 24.0 Å². The van der Waals surface area contributed by atoms with Crippen LogP contribution < -0.4 is 21.9 Å². The second-order valence-electron chi connectivity index (χ2n) is 4.56. The van der Waals surface area contributed by atoms with Crippen LogP contribution in [0.2, 0.25) is 0 Å². The molecule has 0 aliphatic heterocycles. The molecule has 1 heterocycles. The molecule has 1 aromatic heterocycles. The Labute approximate surface area is 136 Å². The molecule has 0 radical (unpaired) electrons. The molecular formula is C16H12BrN2O2P. The highest BCUT2D eigenvalue weighted by atomic mass is 79.9. The third-order valence-electron chi connectivity index (χ3n) is 3.10. The van der Waals surface area contributed by atoms with Crippen molar-refractivity contribution in [3.63, 3.8) is 0 Å². The van der Waals surface area contributed by atoms with E-state index in [1.807, 2.05) is 60.7 Å². The Morgan fingerprint density at radius 1 is 0.864 bits per heavy atom. The summed E-state index contributed by atoms with van der Waals surface area (Å²) < 4.78 is 1.93. The van der Waals surface area contributed by atoms with Crippen molar-refractivity contribution in [2.75, 3.05) is 0 Å². The van der Waals surface area contributed by atoms with Gasteiger partial charge in [-0.1, -0.05) is 60.7 Å². The Hall–Kier alpha value is -1.97. The van der Waals surface area contributed by atoms with E-state index in [-0.39, 0.29) is 0 Å². The van der Waals surface area contributed by atoms with Crippen molar-refractivity contribution in [2.24, 2.45) is 0 Å². The molecule has 2 aromatic carbocycles. The summed E-state index contributed by atoms with van der Waals surface area (Å²) in [6, 6.07) is 19.6. The quantitative estimate of drug-likeness (QED) is 0.714. The monoisotopic (exact) mass is 374 g/mol. The standard InChI is InChI=1S/C16H12BrN2O2P/c17-14-11-19(16(21)18-15(14)20)22(12-7-3-1-4-8-12)13-9-5-2-6-10-13/h1-11H,(H,18,20,21). The van der Waals surface area contributed by atoms with Crippen molar-refractivity contribution in [3.05, 3.63) is 92.2 Å². The maximum Gasteiger partial charge on any atom is 0.332 e. The molecule has 110 valence electrons. The lowest BCUT2D eigenvalue weighted by atomic mass is 10.4. The van der Waals surface area contributed by atoms with E-state index in [2.05, 4.69) is 20.9 Å². The molecular weight excluding hydrogens is 363 g/mol. The minimum Gasteiger partial charge on any atom is -0.273 e. The molecule has 6 heteroatoms. The molecule has 4 nitrogen and oxygen atoms in total. The molecule has 0 bridgehead atoms. The number of nitrogens with one attached hydrogen (secondary N) is 1. The number of hydrogen-bond donors (Lipinski definition) is 1. The molecule has 3 aromatic rings. The highest BCUT2D eigenvalue weighted by Crippen LogP contribution is 2.33. The summed E-state index contributed by atoms with van der Waals surface area (Å²) in [6.07, 6.45) is 1.56. The number of rotatable bonds is 3. The molecule has 0 amide bonds. The molecule has 3 rings (SSSR count). The smallest absolute Gasteiger partial charge is 0.273 e. The first kappa shape index (κ1) is 14.9. The summed E-state index contributed by atoms with van der Waals surface area (Å²) >= 11 is 3.20. The summed E-state index contributed by atoms with van der Waals surface area (Å²) in [5.74, 6) is 0. The molecule has 22 heavy (non-hydrogen) atoms. The first-order valence-corrected chi connectivity index (χ1v) is 8.67. The molecule has 1 N–H and O–H groups in total. The van der Waals surface area contributed by atoms with Crippen molar-refractivity contribution in [1.29, 1.82) is 0 Å². The Balaban J connectivity index is 2.26. The molecule has 0 aliphatic carbocycles. The number of benzene rings is 2. The van der Waals surface area contributed by atoms with E-state index in [4.69, 9.17) is 0 Å². The fraction of sp³-hybridized carbons (Fsp3) is 0. The average Bonchev–Trinajstić information content (AvgIpc) is 2.55. The van der Waals surface area contributed by atoms with Crippen LogP contribution in [0.15, 0.2) is 80.9 Å². The fourth-order valence-electron chi connectivity index (χ4n) is 2.12. The molecule has 0 fully saturated rings. The van der Waals surface area contributed by atoms with Gasteiger partial charge >= 0.3 is 5.69 Å². The van der Waals surface area contributed by atoms with E-state index in [0.717, 1.165) is 10.6 Å². The predicted octanol–water partition coefficient (Wildman–Crippen LogP) is 2.20. The summed E-state index contributed by atoms with van der Waals surface area (Å²) in [5.41, 5.74) is -0.829. The van der Waals surface area contributed by atoms with Crippen molar-refractivity contribution < 1.29 is 0 Å². The third-order valence-corrected chi connectivity index (χ3v) is 5.97. The Bertz CT molecular complexity index is 852. The third kappa shape index (κ3) is 2.96. The topological polar surface area (TPSA) is 54.9 Å². The zero-order valence-electron chi connectivity index (χ0n) is 11.4. The van der Waals surface area contributed by atoms with Crippen LogP contribution in [0.5, 0.6) is 0 Å². The van der Waals surface area contributed by atoms with Gasteiger partial charge in [-0.3, -0.25) is 14.1 Å². The SMILES string of the molecule is O=c1[nH]c(=O)n(P(c2ccccc2)c2ccccc2)cc1Br. The van der Waals surface area contributed by atoms with Crippen LogP contribution in [0.3, 0.4) is 0 Å². The van der Waals surface area contributed by atoms with E-state index in [9.17, 15) is 9.59 Å². The second-order valence-corrected chi connectivity index (χ2v) is 7.51. The van der Waals surface area contributed by atoms with E-state index < -0.39 is 19.3 Å². The lowest BCUT2D eigenvalue weighted by Gasteiger charge is -2.20. The van der Waals surface area contributed by atoms with Gasteiger partial charge in [0, 0.05) is 16.8 Å². The largest absolute Gasteiger partial charge is 0.332 e. The van der Waals surface area contributed by atoms with Crippen molar-refractivity contribution in [2.45, 2.75) is 0 Å². The average molecular weight is 375 g/mol. The number of aromatic amines is 1. The maximum atomic E-state index is 12.3. The van der Waals surface area contributed by atoms with Crippen LogP contribution in [-0.2, 0) is 0 Å². The number of nitrogens with zero attached hydrogens (tertiary/aromatic N) is 1. The van der Waals surface area contributed by atoms with Gasteiger partial charge < -0.3 is 0 Å². The molecule has 0 atom stereocenters. The van der Waals surface area contributed by atoms with Gasteiger partial charge in [0.2, 0.25) is 0 Å². The number of hydrogen-bond acceptors (Lipinski definition) is 2. The molecule has 0 aliphatic rings. The fourth-order valence-corrected chi connectivity index (χ4v) is 4.75. The van der Waals surface area contributed by atoms with Gasteiger partial charge in [0.05, 0.1) is 12.5 Å². The van der Waals surface area contributed by atoms with E-state index in [1.54, 1.807) is 10.5 Å². The van der Waals surface area contributed by atoms with Crippen LogP contribution in [0.4, 0.5) is 0 Å². The first-order chi connectivity index (χ1) is 10.7. The lowest BCUT2D eigenvalue weighted by Crippen LogP contribution is -2.32. The first-order valence-electron chi connectivity index (χ1n) is 6.59. The number of H-pyrrole nitrogens is 1. The van der Waals surface area contributed by atoms with E-state index >= 15 is 0 Å². The molecule has 0 spiro atoms. The molecule has 0 saturated heterocycles. The minimum absolute atomic E-state index is 0.339. The van der Waals surface area contributed by atoms with Crippen LogP contribution in [0.25, 0.3) is 0 Å². The van der Waals surface area contributed by atoms with Crippen molar-refractivity contribution >= 4 is 34.6 Å². The van der Waals surface area contributed by atoms with Gasteiger partial charge in [-0.05, 0) is 15.9 Å². The van der Waals surface area contributed by atoms with Gasteiger partial charge in [0.25, 0.3) is 5.56 Å². The molecule has 0 unspecified atom stereocenters. The predicted molar refractivity (Wildman–Crippen MR) is 93.5 cm³/mol. The van der Waals surface area contributed by atoms with Crippen LogP contribution in [0.1, 0.15) is 0 Å². The summed E-state index contributed by atoms with van der Waals surface area (Å²) in [4.78, 5) is 26.2. The highest BCUT2D eigenvalue weighted by molar-refractivity contribution is 9.10. The Morgan fingerprint density at radius 3 is 1.86 bits per heavy atom. The van der Waals surface area contributed by atoms with Gasteiger partial charge in [-0.25, -0.2) is 4.79 Å². The Kier molecular flexibility index (Phi) is 4.36. The Morgan fingerprint density at radius 2 is 1.36 bits per heavy atom. The minimum atomic E-state index is -1.09. The van der Waals surface area contributed by atoms with Crippen molar-refractivity contribution in [3.8, 4) is 0 Å². The second kappa shape index (κ2) is 6.42. The normalized spacial score (nSPS) is 10.8. The lowest BCUT2D eigenvalue weighted by molar-refractivity contribution is 0.969. The highest BCUT2D eigenvalue weighted by Gasteiger charge is 2.18. The van der Waals surface area contributed by atoms with Gasteiger partial charge in [-0.15, -0.1) is 0 Å². The molecule has 0 saturated carbocycles. The summed E-state index contributed by atoms with van der Waals surface area (Å²) in [6.45, 7) is 0. The van der Waals surface area contributed by atoms with Gasteiger partial charge in [0.15, 0.2) is 0 Å². The maximum absolute atomic E-state index is 12.3. The van der Waals surface area contributed by atoms with Gasteiger partial charge in [0.1, 0.15) is 0 Å². The van der Waals surface area contributed by atoms with Gasteiger partial charge in [-0.2, -0.15) is 0 Å². The number of halogens is 1. The van der Waals surface area contributed by atoms with Crippen LogP contribution in [0, 0.1) is 0 Å². The van der Waals surface area contributed by atoms with Crippen molar-refractivity contribution in [1.82, 2.24) is 9.32 Å². The van der Waals surface area contributed by atoms with E-state index in [1.165, 1.54) is 0 Å². The summed E-state index contributed by atoms with van der Waals surface area (Å²) in [5, 5.41) is 2.06. The number of aromatic nitrogens is 2.